The molecule has 2 aromatic rings. The van der Waals surface area contributed by atoms with E-state index >= 15 is 0 Å². The van der Waals surface area contributed by atoms with E-state index < -0.39 is 11.7 Å². The molecule has 7 nitrogen and oxygen atoms in total. The SMILES string of the molecule is Cl.Cl.NCCn1cnc(C(=O)NCc2ncccc2F)n1. The Bertz CT molecular complexity index is 579. The van der Waals surface area contributed by atoms with Crippen LogP contribution in [0.3, 0.4) is 0 Å². The monoisotopic (exact) mass is 336 g/mol. The van der Waals surface area contributed by atoms with E-state index in [0.717, 1.165) is 0 Å². The summed E-state index contributed by atoms with van der Waals surface area (Å²) in [5, 5.41) is 6.43. The number of nitrogens with zero attached hydrogens (tertiary/aromatic N) is 4. The van der Waals surface area contributed by atoms with Crippen molar-refractivity contribution < 1.29 is 9.18 Å². The minimum absolute atomic E-state index is 0. The van der Waals surface area contributed by atoms with Gasteiger partial charge in [-0.3, -0.25) is 14.5 Å². The van der Waals surface area contributed by atoms with E-state index in [1.165, 1.54) is 29.3 Å². The number of carbonyl (C=O) groups excluding carboxylic acids is 1. The van der Waals surface area contributed by atoms with E-state index in [1.54, 1.807) is 0 Å². The summed E-state index contributed by atoms with van der Waals surface area (Å²) in [4.78, 5) is 19.4. The third-order valence-corrected chi connectivity index (χ3v) is 2.35. The van der Waals surface area contributed by atoms with Gasteiger partial charge in [-0.15, -0.1) is 29.9 Å². The molecule has 3 N–H and O–H groups in total. The van der Waals surface area contributed by atoms with Crippen molar-refractivity contribution in [3.63, 3.8) is 0 Å². The summed E-state index contributed by atoms with van der Waals surface area (Å²) in [6.45, 7) is 0.871. The Morgan fingerprint density at radius 3 is 2.81 bits per heavy atom. The number of amides is 1. The highest BCUT2D eigenvalue weighted by molar-refractivity contribution is 5.90. The lowest BCUT2D eigenvalue weighted by Gasteiger charge is -2.02. The predicted octanol–water partition coefficient (Wildman–Crippen LogP) is 0.544. The smallest absolute Gasteiger partial charge is 0.291 e. The minimum Gasteiger partial charge on any atom is -0.343 e. The minimum atomic E-state index is -0.485. The number of rotatable bonds is 5. The molecule has 1 amide bonds. The van der Waals surface area contributed by atoms with Gasteiger partial charge < -0.3 is 11.1 Å². The van der Waals surface area contributed by atoms with E-state index in [9.17, 15) is 9.18 Å². The molecule has 0 aliphatic carbocycles. The Morgan fingerprint density at radius 2 is 2.14 bits per heavy atom. The van der Waals surface area contributed by atoms with Crippen LogP contribution in [0.4, 0.5) is 4.39 Å². The van der Waals surface area contributed by atoms with Gasteiger partial charge in [0.2, 0.25) is 5.82 Å². The third kappa shape index (κ3) is 5.25. The van der Waals surface area contributed by atoms with Crippen molar-refractivity contribution in [2.45, 2.75) is 13.1 Å². The Morgan fingerprint density at radius 1 is 1.38 bits per heavy atom. The summed E-state index contributed by atoms with van der Waals surface area (Å²) >= 11 is 0. The van der Waals surface area contributed by atoms with Crippen molar-refractivity contribution in [2.24, 2.45) is 5.73 Å². The molecular weight excluding hydrogens is 322 g/mol. The molecule has 116 valence electrons. The van der Waals surface area contributed by atoms with Crippen LogP contribution in [-0.2, 0) is 13.1 Å². The first kappa shape index (κ1) is 19.2. The molecule has 0 aromatic carbocycles. The largest absolute Gasteiger partial charge is 0.343 e. The average molecular weight is 337 g/mol. The van der Waals surface area contributed by atoms with Gasteiger partial charge >= 0.3 is 0 Å². The van der Waals surface area contributed by atoms with E-state index in [1.807, 2.05) is 0 Å². The van der Waals surface area contributed by atoms with Gasteiger partial charge in [0.1, 0.15) is 12.1 Å². The van der Waals surface area contributed by atoms with Crippen LogP contribution in [0, 0.1) is 5.82 Å². The van der Waals surface area contributed by atoms with Crippen molar-refractivity contribution >= 4 is 30.7 Å². The first-order valence-corrected chi connectivity index (χ1v) is 5.68. The maximum Gasteiger partial charge on any atom is 0.291 e. The number of aromatic nitrogens is 4. The summed E-state index contributed by atoms with van der Waals surface area (Å²) in [5.41, 5.74) is 5.52. The molecule has 10 heteroatoms. The number of hydrogen-bond donors (Lipinski definition) is 2. The van der Waals surface area contributed by atoms with Gasteiger partial charge in [0, 0.05) is 12.7 Å². The van der Waals surface area contributed by atoms with Crippen molar-refractivity contribution in [3.8, 4) is 0 Å². The highest BCUT2D eigenvalue weighted by atomic mass is 35.5. The molecule has 0 saturated heterocycles. The van der Waals surface area contributed by atoms with Gasteiger partial charge in [0.05, 0.1) is 18.8 Å². The normalized spacial score (nSPS) is 9.43. The van der Waals surface area contributed by atoms with Gasteiger partial charge in [0.15, 0.2) is 0 Å². The molecule has 0 aliphatic rings. The first-order valence-electron chi connectivity index (χ1n) is 5.68. The topological polar surface area (TPSA) is 98.7 Å². The first-order chi connectivity index (χ1) is 9.20. The number of hydrogen-bond acceptors (Lipinski definition) is 5. The molecule has 0 saturated carbocycles. The van der Waals surface area contributed by atoms with Crippen LogP contribution in [0.5, 0.6) is 0 Å². The lowest BCUT2D eigenvalue weighted by atomic mass is 10.3. The number of nitrogens with one attached hydrogen (secondary N) is 1. The highest BCUT2D eigenvalue weighted by Crippen LogP contribution is 2.02. The van der Waals surface area contributed by atoms with Gasteiger partial charge in [0.25, 0.3) is 5.91 Å². The van der Waals surface area contributed by atoms with Crippen LogP contribution < -0.4 is 11.1 Å². The maximum atomic E-state index is 13.3. The molecule has 2 rings (SSSR count). The van der Waals surface area contributed by atoms with Crippen LogP contribution in [0.1, 0.15) is 16.3 Å². The van der Waals surface area contributed by atoms with Gasteiger partial charge in [-0.1, -0.05) is 0 Å². The quantitative estimate of drug-likeness (QED) is 0.830. The summed E-state index contributed by atoms with van der Waals surface area (Å²) < 4.78 is 14.8. The molecule has 0 atom stereocenters. The average Bonchev–Trinajstić information content (AvgIpc) is 2.87. The fourth-order valence-corrected chi connectivity index (χ4v) is 1.43. The number of carbonyl (C=O) groups is 1. The van der Waals surface area contributed by atoms with Crippen molar-refractivity contribution in [1.29, 1.82) is 0 Å². The lowest BCUT2D eigenvalue weighted by molar-refractivity contribution is 0.0939. The Kier molecular flexibility index (Phi) is 8.44. The highest BCUT2D eigenvalue weighted by Gasteiger charge is 2.12. The molecule has 0 spiro atoms. The zero-order valence-electron chi connectivity index (χ0n) is 10.9. The van der Waals surface area contributed by atoms with Crippen molar-refractivity contribution in [2.75, 3.05) is 6.54 Å². The summed E-state index contributed by atoms with van der Waals surface area (Å²) in [6, 6.07) is 2.76. The van der Waals surface area contributed by atoms with Crippen LogP contribution in [0.2, 0.25) is 0 Å². The standard InChI is InChI=1S/C11H13FN6O.2ClH/c12-8-2-1-4-14-9(8)6-15-11(19)10-16-7-18(17-10)5-3-13;;/h1-2,4,7H,3,5-6,13H2,(H,15,19);2*1H. The molecule has 2 heterocycles. The van der Waals surface area contributed by atoms with E-state index in [0.29, 0.717) is 13.1 Å². The second kappa shape index (κ2) is 9.22. The molecule has 0 aliphatic heterocycles. The lowest BCUT2D eigenvalue weighted by Crippen LogP contribution is -2.25. The number of pyridine rings is 1. The van der Waals surface area contributed by atoms with Gasteiger partial charge in [-0.05, 0) is 12.1 Å². The van der Waals surface area contributed by atoms with Crippen molar-refractivity contribution in [1.82, 2.24) is 25.1 Å². The van der Waals surface area contributed by atoms with Crippen LogP contribution in [0.15, 0.2) is 24.7 Å². The number of nitrogens with two attached hydrogens (primary N) is 1. The molecular formula is C11H15Cl2FN6O. The zero-order chi connectivity index (χ0) is 13.7. The molecule has 0 unspecified atom stereocenters. The molecule has 21 heavy (non-hydrogen) atoms. The van der Waals surface area contributed by atoms with Crippen molar-refractivity contribution in [3.05, 3.63) is 42.0 Å². The van der Waals surface area contributed by atoms with E-state index in [4.69, 9.17) is 5.73 Å². The second-order valence-corrected chi connectivity index (χ2v) is 3.73. The zero-order valence-corrected chi connectivity index (χ0v) is 12.5. The van der Waals surface area contributed by atoms with E-state index in [-0.39, 0.29) is 42.9 Å². The fraction of sp³-hybridized carbons (Fsp3) is 0.273. The Balaban J connectivity index is 0.00000200. The van der Waals surface area contributed by atoms with Crippen LogP contribution in [0.25, 0.3) is 0 Å². The molecule has 2 aromatic heterocycles. The third-order valence-electron chi connectivity index (χ3n) is 2.35. The maximum absolute atomic E-state index is 13.3. The molecule has 0 bridgehead atoms. The second-order valence-electron chi connectivity index (χ2n) is 3.73. The number of halogens is 3. The van der Waals surface area contributed by atoms with Gasteiger partial charge in [-0.2, -0.15) is 0 Å². The summed E-state index contributed by atoms with van der Waals surface area (Å²) in [5.74, 6) is -0.935. The predicted molar refractivity (Wildman–Crippen MR) is 78.9 cm³/mol. The summed E-state index contributed by atoms with van der Waals surface area (Å²) in [6.07, 6.45) is 2.88. The van der Waals surface area contributed by atoms with Gasteiger partial charge in [-0.25, -0.2) is 9.37 Å². The molecule has 0 fully saturated rings. The molecule has 0 radical (unpaired) electrons. The Labute approximate surface area is 133 Å². The van der Waals surface area contributed by atoms with Crippen LogP contribution in [-0.4, -0.2) is 32.2 Å². The Hall–Kier alpha value is -1.77. The van der Waals surface area contributed by atoms with Crippen LogP contribution >= 0.6 is 24.8 Å². The summed E-state index contributed by atoms with van der Waals surface area (Å²) in [7, 11) is 0. The van der Waals surface area contributed by atoms with E-state index in [2.05, 4.69) is 20.4 Å². The fourth-order valence-electron chi connectivity index (χ4n) is 1.43.